The molecule has 0 saturated carbocycles. The van der Waals surface area contributed by atoms with Crippen molar-refractivity contribution < 1.29 is 14.3 Å². The Bertz CT molecular complexity index is 1050. The van der Waals surface area contributed by atoms with Crippen LogP contribution in [0.4, 0.5) is 5.69 Å². The number of benzene rings is 2. The smallest absolute Gasteiger partial charge is 0.339 e. The molecule has 1 amide bonds. The number of carbonyl (C=O) groups excluding carboxylic acids is 2. The second kappa shape index (κ2) is 7.23. The molecule has 6 heteroatoms. The number of esters is 1. The van der Waals surface area contributed by atoms with Crippen LogP contribution in [0, 0.1) is 6.92 Å². The molecule has 6 nitrogen and oxygen atoms in total. The summed E-state index contributed by atoms with van der Waals surface area (Å²) in [5.74, 6) is -0.948. The third kappa shape index (κ3) is 3.35. The lowest BCUT2D eigenvalue weighted by atomic mass is 10.1. The molecule has 1 N–H and O–H groups in total. The Balaban J connectivity index is 1.92. The maximum Gasteiger partial charge on any atom is 0.339 e. The first-order chi connectivity index (χ1) is 12.5. The quantitative estimate of drug-likeness (QED) is 0.734. The lowest BCUT2D eigenvalue weighted by Gasteiger charge is -2.13. The summed E-state index contributed by atoms with van der Waals surface area (Å²) < 4.78 is 6.14. The van der Waals surface area contributed by atoms with E-state index in [0.717, 1.165) is 10.9 Å². The summed E-state index contributed by atoms with van der Waals surface area (Å²) in [5.41, 5.74) is 1.89. The summed E-state index contributed by atoms with van der Waals surface area (Å²) in [6.45, 7) is 1.70. The number of carbonyl (C=O) groups is 2. The number of hydrogen-bond acceptors (Lipinski definition) is 4. The molecule has 0 aliphatic rings. The molecule has 132 valence electrons. The lowest BCUT2D eigenvalue weighted by Crippen LogP contribution is -2.28. The normalized spacial score (nSPS) is 10.5. The van der Waals surface area contributed by atoms with Gasteiger partial charge in [0.2, 0.25) is 5.91 Å². The number of rotatable bonds is 4. The molecular weight excluding hydrogens is 332 g/mol. The fraction of sp³-hybridized carbons (Fsp3) is 0.150. The molecule has 0 atom stereocenters. The highest BCUT2D eigenvalue weighted by Gasteiger charge is 2.15. The molecule has 0 spiro atoms. The number of ether oxygens (including phenoxy) is 1. The highest BCUT2D eigenvalue weighted by atomic mass is 16.5. The largest absolute Gasteiger partial charge is 0.465 e. The minimum absolute atomic E-state index is 0.158. The molecule has 1 aromatic heterocycles. The van der Waals surface area contributed by atoms with Crippen molar-refractivity contribution in [2.24, 2.45) is 0 Å². The summed E-state index contributed by atoms with van der Waals surface area (Å²) >= 11 is 0. The van der Waals surface area contributed by atoms with E-state index in [1.807, 2.05) is 25.1 Å². The van der Waals surface area contributed by atoms with E-state index in [-0.39, 0.29) is 17.7 Å². The lowest BCUT2D eigenvalue weighted by molar-refractivity contribution is -0.116. The molecule has 0 unspecified atom stereocenters. The Morgan fingerprint density at radius 1 is 1.08 bits per heavy atom. The van der Waals surface area contributed by atoms with Crippen LogP contribution in [0.5, 0.6) is 0 Å². The zero-order chi connectivity index (χ0) is 18.7. The summed E-state index contributed by atoms with van der Waals surface area (Å²) in [7, 11) is 1.28. The summed E-state index contributed by atoms with van der Waals surface area (Å²) in [4.78, 5) is 36.7. The number of nitrogens with zero attached hydrogens (tertiary/aromatic N) is 1. The van der Waals surface area contributed by atoms with Gasteiger partial charge in [-0.2, -0.15) is 0 Å². The number of hydrogen-bond donors (Lipinski definition) is 1. The first-order valence-corrected chi connectivity index (χ1v) is 8.07. The maximum absolute atomic E-state index is 12.5. The van der Waals surface area contributed by atoms with Gasteiger partial charge < -0.3 is 10.1 Å². The van der Waals surface area contributed by atoms with Gasteiger partial charge in [-0.1, -0.05) is 30.3 Å². The molecule has 3 rings (SSSR count). The van der Waals surface area contributed by atoms with E-state index < -0.39 is 11.9 Å². The molecule has 0 fully saturated rings. The van der Waals surface area contributed by atoms with Gasteiger partial charge >= 0.3 is 5.97 Å². The van der Waals surface area contributed by atoms with Crippen LogP contribution >= 0.6 is 0 Å². The minimum Gasteiger partial charge on any atom is -0.465 e. The first kappa shape index (κ1) is 17.4. The molecular formula is C20H18N2O4. The Morgan fingerprint density at radius 2 is 1.77 bits per heavy atom. The first-order valence-electron chi connectivity index (χ1n) is 8.07. The van der Waals surface area contributed by atoms with Gasteiger partial charge in [0.15, 0.2) is 0 Å². The van der Waals surface area contributed by atoms with Gasteiger partial charge in [0.05, 0.1) is 23.9 Å². The van der Waals surface area contributed by atoms with Crippen LogP contribution in [-0.2, 0) is 16.1 Å². The van der Waals surface area contributed by atoms with Crippen molar-refractivity contribution >= 4 is 28.5 Å². The molecule has 3 aromatic rings. The fourth-order valence-electron chi connectivity index (χ4n) is 2.88. The zero-order valence-electron chi connectivity index (χ0n) is 14.5. The topological polar surface area (TPSA) is 77.4 Å². The average Bonchev–Trinajstić information content (AvgIpc) is 2.65. The standard InChI is InChI=1S/C20H18N2O4/c1-13-11-19(24)22(17-10-6-4-7-14(13)17)12-18(23)21-16-9-5-3-8-15(16)20(25)26-2/h3-11H,12H2,1-2H3,(H,21,23). The van der Waals surface area contributed by atoms with E-state index in [0.29, 0.717) is 11.2 Å². The van der Waals surface area contributed by atoms with Crippen LogP contribution < -0.4 is 10.9 Å². The second-order valence-corrected chi connectivity index (χ2v) is 5.85. The van der Waals surface area contributed by atoms with Crippen molar-refractivity contribution in [2.75, 3.05) is 12.4 Å². The molecule has 0 aliphatic heterocycles. The predicted octanol–water partition coefficient (Wildman–Crippen LogP) is 2.74. The Kier molecular flexibility index (Phi) is 4.84. The Hall–Kier alpha value is -3.41. The molecule has 0 radical (unpaired) electrons. The SMILES string of the molecule is COC(=O)c1ccccc1NC(=O)Cn1c(=O)cc(C)c2ccccc21. The monoisotopic (exact) mass is 350 g/mol. The number of methoxy groups -OCH3 is 1. The van der Waals surface area contributed by atoms with Gasteiger partial charge in [0.1, 0.15) is 6.54 Å². The highest BCUT2D eigenvalue weighted by molar-refractivity contribution is 6.01. The summed E-state index contributed by atoms with van der Waals surface area (Å²) in [5, 5.41) is 3.59. The van der Waals surface area contributed by atoms with Gasteiger partial charge in [-0.05, 0) is 30.7 Å². The molecule has 0 aliphatic carbocycles. The third-order valence-corrected chi connectivity index (χ3v) is 4.13. The van der Waals surface area contributed by atoms with Crippen LogP contribution in [0.2, 0.25) is 0 Å². The van der Waals surface area contributed by atoms with Crippen molar-refractivity contribution in [1.82, 2.24) is 4.57 Å². The minimum atomic E-state index is -0.543. The number of aromatic nitrogens is 1. The molecule has 2 aromatic carbocycles. The molecule has 1 heterocycles. The summed E-state index contributed by atoms with van der Waals surface area (Å²) in [6.07, 6.45) is 0. The van der Waals surface area contributed by atoms with Gasteiger partial charge in [-0.25, -0.2) is 4.79 Å². The Labute approximate surface area is 150 Å². The summed E-state index contributed by atoms with van der Waals surface area (Å²) in [6, 6.07) is 15.5. The number of nitrogens with one attached hydrogen (secondary N) is 1. The number of fused-ring (bicyclic) bond motifs is 1. The molecule has 0 bridgehead atoms. The number of pyridine rings is 1. The van der Waals surface area contributed by atoms with E-state index in [1.54, 1.807) is 30.3 Å². The number of para-hydroxylation sites is 2. The van der Waals surface area contributed by atoms with Crippen molar-refractivity contribution in [2.45, 2.75) is 13.5 Å². The van der Waals surface area contributed by atoms with Crippen LogP contribution in [0.25, 0.3) is 10.9 Å². The fourth-order valence-corrected chi connectivity index (χ4v) is 2.88. The van der Waals surface area contributed by atoms with Crippen molar-refractivity contribution in [1.29, 1.82) is 0 Å². The average molecular weight is 350 g/mol. The van der Waals surface area contributed by atoms with Crippen molar-refractivity contribution in [3.63, 3.8) is 0 Å². The van der Waals surface area contributed by atoms with Gasteiger partial charge in [-0.3, -0.25) is 14.2 Å². The highest BCUT2D eigenvalue weighted by Crippen LogP contribution is 2.18. The number of anilines is 1. The van der Waals surface area contributed by atoms with Gasteiger partial charge in [0.25, 0.3) is 5.56 Å². The number of aryl methyl sites for hydroxylation is 1. The molecule has 26 heavy (non-hydrogen) atoms. The van der Waals surface area contributed by atoms with E-state index in [2.05, 4.69) is 5.32 Å². The van der Waals surface area contributed by atoms with Crippen LogP contribution in [0.1, 0.15) is 15.9 Å². The van der Waals surface area contributed by atoms with E-state index in [1.165, 1.54) is 17.7 Å². The van der Waals surface area contributed by atoms with Gasteiger partial charge in [-0.15, -0.1) is 0 Å². The maximum atomic E-state index is 12.5. The van der Waals surface area contributed by atoms with Crippen LogP contribution in [0.15, 0.2) is 59.4 Å². The van der Waals surface area contributed by atoms with Crippen LogP contribution in [-0.4, -0.2) is 23.6 Å². The Morgan fingerprint density at radius 3 is 2.54 bits per heavy atom. The number of amides is 1. The van der Waals surface area contributed by atoms with E-state index in [9.17, 15) is 14.4 Å². The van der Waals surface area contributed by atoms with E-state index in [4.69, 9.17) is 4.74 Å². The van der Waals surface area contributed by atoms with Crippen molar-refractivity contribution in [3.8, 4) is 0 Å². The molecule has 0 saturated heterocycles. The zero-order valence-corrected chi connectivity index (χ0v) is 14.5. The van der Waals surface area contributed by atoms with Crippen molar-refractivity contribution in [3.05, 3.63) is 76.1 Å². The predicted molar refractivity (Wildman–Crippen MR) is 99.4 cm³/mol. The van der Waals surface area contributed by atoms with Crippen LogP contribution in [0.3, 0.4) is 0 Å². The third-order valence-electron chi connectivity index (χ3n) is 4.13. The van der Waals surface area contributed by atoms with E-state index >= 15 is 0 Å². The van der Waals surface area contributed by atoms with Gasteiger partial charge in [0, 0.05) is 11.5 Å². The second-order valence-electron chi connectivity index (χ2n) is 5.85.